The van der Waals surface area contributed by atoms with Crippen LogP contribution in [0.4, 0.5) is 22.1 Å². The number of nitrogens with two attached hydrogens (primary N) is 1. The van der Waals surface area contributed by atoms with E-state index in [-0.39, 0.29) is 30.0 Å². The van der Waals surface area contributed by atoms with Crippen molar-refractivity contribution >= 4 is 29.3 Å². The van der Waals surface area contributed by atoms with Crippen LogP contribution in [-0.4, -0.2) is 45.2 Å². The van der Waals surface area contributed by atoms with Gasteiger partial charge in [-0.2, -0.15) is 9.97 Å². The molecule has 0 atom stereocenters. The predicted octanol–water partition coefficient (Wildman–Crippen LogP) is 4.71. The highest BCUT2D eigenvalue weighted by Crippen LogP contribution is 2.29. The Bertz CT molecular complexity index is 1580. The summed E-state index contributed by atoms with van der Waals surface area (Å²) in [5.41, 5.74) is 10.8. The van der Waals surface area contributed by atoms with E-state index in [1.807, 2.05) is 36.4 Å². The molecule has 0 spiro atoms. The van der Waals surface area contributed by atoms with Gasteiger partial charge in [0.2, 0.25) is 5.95 Å². The highest BCUT2D eigenvalue weighted by atomic mass is 16.6. The van der Waals surface area contributed by atoms with Crippen molar-refractivity contribution in [2.75, 3.05) is 29.1 Å². The Hall–Kier alpha value is -4.83. The third-order valence-electron chi connectivity index (χ3n) is 6.91. The lowest BCUT2D eigenvalue weighted by Crippen LogP contribution is -2.23. The second kappa shape index (κ2) is 11.3. The highest BCUT2D eigenvalue weighted by Gasteiger charge is 2.23. The molecule has 4 aromatic rings. The topological polar surface area (TPSA) is 144 Å². The molecule has 0 bridgehead atoms. The zero-order chi connectivity index (χ0) is 29.1. The Morgan fingerprint density at radius 1 is 1.02 bits per heavy atom. The molecule has 210 valence electrons. The van der Waals surface area contributed by atoms with Crippen LogP contribution in [0.3, 0.4) is 0 Å². The Morgan fingerprint density at radius 3 is 2.39 bits per heavy atom. The van der Waals surface area contributed by atoms with Crippen LogP contribution < -0.4 is 16.0 Å². The molecule has 1 saturated heterocycles. The average molecular weight is 553 g/mol. The number of nitrogen functional groups attached to an aromatic ring is 1. The number of hydrogen-bond donors (Lipinski definition) is 3. The van der Waals surface area contributed by atoms with E-state index < -0.39 is 0 Å². The molecule has 0 aliphatic carbocycles. The number of rotatable bonds is 7. The number of carbonyl (C=O) groups excluding carboxylic acids is 2. The van der Waals surface area contributed by atoms with Crippen molar-refractivity contribution in [3.05, 3.63) is 94.8 Å². The van der Waals surface area contributed by atoms with Crippen LogP contribution in [0.5, 0.6) is 0 Å². The Kier molecular flexibility index (Phi) is 7.67. The quantitative estimate of drug-likeness (QED) is 0.299. The molecule has 1 aromatic heterocycles. The van der Waals surface area contributed by atoms with Gasteiger partial charge >= 0.3 is 6.09 Å². The summed E-state index contributed by atoms with van der Waals surface area (Å²) < 4.78 is 5.01. The molecule has 2 amide bonds. The van der Waals surface area contributed by atoms with E-state index in [9.17, 15) is 14.7 Å². The summed E-state index contributed by atoms with van der Waals surface area (Å²) in [5, 5.41) is 13.2. The van der Waals surface area contributed by atoms with Crippen molar-refractivity contribution in [1.29, 1.82) is 0 Å². The summed E-state index contributed by atoms with van der Waals surface area (Å²) in [4.78, 5) is 39.7. The van der Waals surface area contributed by atoms with Crippen molar-refractivity contribution in [2.45, 2.75) is 39.2 Å². The van der Waals surface area contributed by atoms with Gasteiger partial charge < -0.3 is 20.9 Å². The first kappa shape index (κ1) is 27.7. The van der Waals surface area contributed by atoms with Crippen molar-refractivity contribution in [2.24, 2.45) is 0 Å². The summed E-state index contributed by atoms with van der Waals surface area (Å²) in [6.07, 6.45) is 0.0177. The minimum absolute atomic E-state index is 0.0223. The summed E-state index contributed by atoms with van der Waals surface area (Å²) in [7, 11) is 0. The van der Waals surface area contributed by atoms with Gasteiger partial charge in [0.1, 0.15) is 12.4 Å². The minimum atomic E-state index is -0.357. The second-order valence-electron chi connectivity index (χ2n) is 10.8. The lowest BCUT2D eigenvalue weighted by Gasteiger charge is -2.19. The van der Waals surface area contributed by atoms with Crippen LogP contribution in [-0.2, 0) is 23.2 Å². The third kappa shape index (κ3) is 6.17. The van der Waals surface area contributed by atoms with E-state index in [0.717, 1.165) is 16.8 Å². The molecule has 10 heteroatoms. The van der Waals surface area contributed by atoms with Crippen molar-refractivity contribution < 1.29 is 19.4 Å². The molecule has 0 radical (unpaired) electrons. The van der Waals surface area contributed by atoms with Crippen LogP contribution in [0.1, 0.15) is 53.6 Å². The van der Waals surface area contributed by atoms with Gasteiger partial charge in [0.05, 0.1) is 13.2 Å². The third-order valence-corrected chi connectivity index (χ3v) is 6.91. The SMILES string of the molecule is CC(C)(C)c1ccc(C(=O)Nc2cccc(-c3nc(N)nc(Cc4ccc(N5CCOC5=O)cc4)n3)c2CO)cc1. The molecule has 10 nitrogen and oxygen atoms in total. The summed E-state index contributed by atoms with van der Waals surface area (Å²) in [6, 6.07) is 20.2. The first-order chi connectivity index (χ1) is 19.6. The number of aliphatic hydroxyl groups excluding tert-OH is 1. The molecule has 0 unspecified atom stereocenters. The lowest BCUT2D eigenvalue weighted by molar-refractivity contribution is 0.102. The maximum atomic E-state index is 13.0. The summed E-state index contributed by atoms with van der Waals surface area (Å²) >= 11 is 0. The number of carbonyl (C=O) groups is 2. The average Bonchev–Trinajstić information content (AvgIpc) is 3.38. The number of anilines is 3. The molecule has 2 heterocycles. The number of cyclic esters (lactones) is 1. The molecule has 1 fully saturated rings. The van der Waals surface area contributed by atoms with E-state index >= 15 is 0 Å². The smallest absolute Gasteiger partial charge is 0.414 e. The zero-order valence-electron chi connectivity index (χ0n) is 23.2. The van der Waals surface area contributed by atoms with Gasteiger partial charge in [-0.25, -0.2) is 9.78 Å². The van der Waals surface area contributed by atoms with Crippen LogP contribution in [0.2, 0.25) is 0 Å². The number of nitrogens with zero attached hydrogens (tertiary/aromatic N) is 4. The largest absolute Gasteiger partial charge is 0.447 e. The number of ether oxygens (including phenoxy) is 1. The molecular formula is C31H32N6O4. The monoisotopic (exact) mass is 552 g/mol. The van der Waals surface area contributed by atoms with Crippen LogP contribution in [0.15, 0.2) is 66.7 Å². The fraction of sp³-hybridized carbons (Fsp3) is 0.258. The van der Waals surface area contributed by atoms with Gasteiger partial charge in [-0.3, -0.25) is 9.69 Å². The molecule has 1 aliphatic heterocycles. The lowest BCUT2D eigenvalue weighted by atomic mass is 9.86. The van der Waals surface area contributed by atoms with E-state index in [4.69, 9.17) is 10.5 Å². The van der Waals surface area contributed by atoms with E-state index in [2.05, 4.69) is 41.0 Å². The Labute approximate surface area is 238 Å². The fourth-order valence-corrected chi connectivity index (χ4v) is 4.64. The van der Waals surface area contributed by atoms with Crippen LogP contribution >= 0.6 is 0 Å². The number of nitrogens with one attached hydrogen (secondary N) is 1. The molecule has 3 aromatic carbocycles. The van der Waals surface area contributed by atoms with Gasteiger partial charge in [0.15, 0.2) is 5.82 Å². The predicted molar refractivity (Wildman–Crippen MR) is 157 cm³/mol. The maximum Gasteiger partial charge on any atom is 0.414 e. The Balaban J connectivity index is 1.37. The highest BCUT2D eigenvalue weighted by molar-refractivity contribution is 6.05. The van der Waals surface area contributed by atoms with Gasteiger partial charge in [0, 0.05) is 34.5 Å². The standard InChI is InChI=1S/C31H32N6O4/c1-31(2,3)21-11-9-20(10-12-21)28(39)33-25-6-4-5-23(24(25)18-38)27-34-26(35-29(32)36-27)17-19-7-13-22(14-8-19)37-15-16-41-30(37)40/h4-14,38H,15-18H2,1-3H3,(H,33,39)(H2,32,34,35,36). The first-order valence-corrected chi connectivity index (χ1v) is 13.3. The zero-order valence-corrected chi connectivity index (χ0v) is 23.2. The normalized spacial score (nSPS) is 13.3. The van der Waals surface area contributed by atoms with E-state index in [0.29, 0.717) is 53.6 Å². The Morgan fingerprint density at radius 2 is 1.76 bits per heavy atom. The number of amides is 2. The van der Waals surface area contributed by atoms with Crippen molar-refractivity contribution in [3.63, 3.8) is 0 Å². The van der Waals surface area contributed by atoms with Crippen LogP contribution in [0.25, 0.3) is 11.4 Å². The number of aromatic nitrogens is 3. The summed E-state index contributed by atoms with van der Waals surface area (Å²) in [6.45, 7) is 6.89. The summed E-state index contributed by atoms with van der Waals surface area (Å²) in [5.74, 6) is 0.481. The van der Waals surface area contributed by atoms with Gasteiger partial charge in [-0.05, 0) is 46.9 Å². The molecule has 5 rings (SSSR count). The van der Waals surface area contributed by atoms with Gasteiger partial charge in [-0.1, -0.05) is 57.2 Å². The van der Waals surface area contributed by atoms with E-state index in [1.54, 1.807) is 35.2 Å². The van der Waals surface area contributed by atoms with Gasteiger partial charge in [0.25, 0.3) is 5.91 Å². The molecule has 4 N–H and O–H groups in total. The fourth-order valence-electron chi connectivity index (χ4n) is 4.64. The van der Waals surface area contributed by atoms with E-state index in [1.165, 1.54) is 0 Å². The molecule has 1 aliphatic rings. The first-order valence-electron chi connectivity index (χ1n) is 13.3. The van der Waals surface area contributed by atoms with Crippen LogP contribution in [0, 0.1) is 0 Å². The molecular weight excluding hydrogens is 520 g/mol. The maximum absolute atomic E-state index is 13.0. The second-order valence-corrected chi connectivity index (χ2v) is 10.8. The minimum Gasteiger partial charge on any atom is -0.447 e. The number of hydrogen-bond acceptors (Lipinski definition) is 8. The van der Waals surface area contributed by atoms with Gasteiger partial charge in [-0.15, -0.1) is 0 Å². The number of benzene rings is 3. The van der Waals surface area contributed by atoms with Crippen molar-refractivity contribution in [1.82, 2.24) is 15.0 Å². The molecule has 41 heavy (non-hydrogen) atoms. The van der Waals surface area contributed by atoms with Crippen molar-refractivity contribution in [3.8, 4) is 11.4 Å². The molecule has 0 saturated carbocycles. The number of aliphatic hydroxyl groups is 1.